The van der Waals surface area contributed by atoms with Crippen LogP contribution >= 0.6 is 21.6 Å². The lowest BCUT2D eigenvalue weighted by Crippen LogP contribution is -2.09. The molecule has 0 saturated heterocycles. The number of nitrogens with zero attached hydrogens (tertiary/aromatic N) is 2. The minimum Gasteiger partial charge on any atom is -0.325 e. The minimum atomic E-state index is -0.0299. The van der Waals surface area contributed by atoms with Gasteiger partial charge in [0.25, 0.3) is 0 Å². The molecule has 8 heteroatoms. The van der Waals surface area contributed by atoms with E-state index in [0.717, 1.165) is 43.0 Å². The van der Waals surface area contributed by atoms with Gasteiger partial charge in [-0.15, -0.1) is 0 Å². The van der Waals surface area contributed by atoms with Gasteiger partial charge in [0.15, 0.2) is 0 Å². The molecule has 2 amide bonds. The van der Waals surface area contributed by atoms with Crippen LogP contribution in [0.5, 0.6) is 0 Å². The van der Waals surface area contributed by atoms with Crippen molar-refractivity contribution in [1.82, 2.24) is 9.97 Å². The van der Waals surface area contributed by atoms with E-state index in [1.165, 1.54) is 0 Å². The van der Waals surface area contributed by atoms with E-state index >= 15 is 0 Å². The lowest BCUT2D eigenvalue weighted by atomic mass is 10.2. The second-order valence-electron chi connectivity index (χ2n) is 6.99. The Labute approximate surface area is 194 Å². The Balaban J connectivity index is 1.64. The van der Waals surface area contributed by atoms with Gasteiger partial charge >= 0.3 is 0 Å². The summed E-state index contributed by atoms with van der Waals surface area (Å²) in [6.07, 6.45) is 4.35. The standard InChI is InChI=1S/C24H22N4O2S2/c1-3-21(29)27-17-9-11-19(23-15(17)7-5-13-25-23)31-32-20-12-10-18(28-22(30)4-2)16-8-6-14-26-24(16)20/h5-14H,3-4H2,1-2H3,(H,27,29)(H,28,30). The Bertz CT molecular complexity index is 1210. The third-order valence-electron chi connectivity index (χ3n) is 4.88. The molecule has 0 atom stereocenters. The second kappa shape index (κ2) is 10.0. The van der Waals surface area contributed by atoms with Crippen molar-refractivity contribution in [3.63, 3.8) is 0 Å². The van der Waals surface area contributed by atoms with E-state index < -0.39 is 0 Å². The molecule has 0 saturated carbocycles. The number of carbonyl (C=O) groups is 2. The Hall–Kier alpha value is -3.10. The maximum Gasteiger partial charge on any atom is 0.224 e. The van der Waals surface area contributed by atoms with Gasteiger partial charge in [0.2, 0.25) is 11.8 Å². The van der Waals surface area contributed by atoms with Crippen LogP contribution in [0, 0.1) is 0 Å². The molecule has 0 fully saturated rings. The molecule has 4 rings (SSSR count). The Morgan fingerprint density at radius 3 is 1.56 bits per heavy atom. The first-order valence-corrected chi connectivity index (χ1v) is 12.4. The van der Waals surface area contributed by atoms with Gasteiger partial charge in [0, 0.05) is 45.8 Å². The van der Waals surface area contributed by atoms with Crippen LogP contribution in [0.1, 0.15) is 26.7 Å². The van der Waals surface area contributed by atoms with Gasteiger partial charge in [0.1, 0.15) is 0 Å². The molecule has 0 aliphatic rings. The topological polar surface area (TPSA) is 84.0 Å². The highest BCUT2D eigenvalue weighted by atomic mass is 33.1. The number of anilines is 2. The summed E-state index contributed by atoms with van der Waals surface area (Å²) in [5.41, 5.74) is 3.20. The predicted octanol–water partition coefficient (Wildman–Crippen LogP) is 6.28. The van der Waals surface area contributed by atoms with Crippen LogP contribution in [0.15, 0.2) is 70.7 Å². The van der Waals surface area contributed by atoms with Crippen molar-refractivity contribution >= 4 is 66.6 Å². The summed E-state index contributed by atoms with van der Waals surface area (Å²) >= 11 is 0. The predicted molar refractivity (Wildman–Crippen MR) is 133 cm³/mol. The molecule has 2 aromatic carbocycles. The molecule has 0 spiro atoms. The van der Waals surface area contributed by atoms with Crippen molar-refractivity contribution in [2.24, 2.45) is 0 Å². The number of hydrogen-bond donors (Lipinski definition) is 2. The molecular weight excluding hydrogens is 440 g/mol. The van der Waals surface area contributed by atoms with Crippen molar-refractivity contribution in [3.8, 4) is 0 Å². The van der Waals surface area contributed by atoms with Gasteiger partial charge in [0.05, 0.1) is 22.4 Å². The molecule has 2 heterocycles. The van der Waals surface area contributed by atoms with Crippen LogP contribution < -0.4 is 10.6 Å². The van der Waals surface area contributed by atoms with Crippen molar-refractivity contribution in [1.29, 1.82) is 0 Å². The molecule has 4 aromatic rings. The third-order valence-corrected chi connectivity index (χ3v) is 7.31. The number of amides is 2. The van der Waals surface area contributed by atoms with Crippen LogP contribution in [-0.2, 0) is 9.59 Å². The maximum absolute atomic E-state index is 11.9. The fourth-order valence-electron chi connectivity index (χ4n) is 3.21. The van der Waals surface area contributed by atoms with Crippen molar-refractivity contribution in [3.05, 3.63) is 60.9 Å². The molecule has 162 valence electrons. The first-order valence-electron chi connectivity index (χ1n) is 10.3. The van der Waals surface area contributed by atoms with Gasteiger partial charge in [-0.2, -0.15) is 0 Å². The zero-order valence-corrected chi connectivity index (χ0v) is 19.3. The zero-order valence-electron chi connectivity index (χ0n) is 17.7. The van der Waals surface area contributed by atoms with Crippen LogP contribution in [0.25, 0.3) is 21.8 Å². The molecule has 2 N–H and O–H groups in total. The van der Waals surface area contributed by atoms with Crippen LogP contribution in [-0.4, -0.2) is 21.8 Å². The molecule has 0 bridgehead atoms. The Morgan fingerprint density at radius 1 is 0.719 bits per heavy atom. The van der Waals surface area contributed by atoms with Crippen molar-refractivity contribution in [2.45, 2.75) is 36.5 Å². The first-order chi connectivity index (χ1) is 15.6. The number of fused-ring (bicyclic) bond motifs is 2. The van der Waals surface area contributed by atoms with Gasteiger partial charge in [-0.3, -0.25) is 19.6 Å². The highest BCUT2D eigenvalue weighted by molar-refractivity contribution is 8.76. The van der Waals surface area contributed by atoms with Gasteiger partial charge in [-0.05, 0) is 48.5 Å². The molecule has 0 aliphatic heterocycles. The van der Waals surface area contributed by atoms with E-state index in [1.54, 1.807) is 34.0 Å². The molecule has 32 heavy (non-hydrogen) atoms. The fourth-order valence-corrected chi connectivity index (χ4v) is 5.47. The number of aromatic nitrogens is 2. The second-order valence-corrected chi connectivity index (χ2v) is 9.20. The van der Waals surface area contributed by atoms with Gasteiger partial charge in [-0.1, -0.05) is 35.4 Å². The molecule has 6 nitrogen and oxygen atoms in total. The average Bonchev–Trinajstić information content (AvgIpc) is 2.84. The van der Waals surface area contributed by atoms with E-state index in [2.05, 4.69) is 20.6 Å². The summed E-state index contributed by atoms with van der Waals surface area (Å²) in [6.45, 7) is 3.65. The largest absolute Gasteiger partial charge is 0.325 e. The summed E-state index contributed by atoms with van der Waals surface area (Å²) < 4.78 is 0. The first kappa shape index (κ1) is 22.1. The Morgan fingerprint density at radius 2 is 1.16 bits per heavy atom. The molecule has 0 radical (unpaired) electrons. The van der Waals surface area contributed by atoms with Crippen molar-refractivity contribution in [2.75, 3.05) is 10.6 Å². The zero-order chi connectivity index (χ0) is 22.5. The number of pyridine rings is 2. The van der Waals surface area contributed by atoms with Crippen LogP contribution in [0.3, 0.4) is 0 Å². The number of rotatable bonds is 7. The number of hydrogen-bond acceptors (Lipinski definition) is 6. The summed E-state index contributed by atoms with van der Waals surface area (Å²) in [5.74, 6) is -0.0598. The van der Waals surface area contributed by atoms with E-state index in [-0.39, 0.29) is 11.8 Å². The summed E-state index contributed by atoms with van der Waals surface area (Å²) in [5, 5.41) is 7.70. The fraction of sp³-hybridized carbons (Fsp3) is 0.167. The molecule has 0 aliphatic carbocycles. The monoisotopic (exact) mass is 462 g/mol. The number of carbonyl (C=O) groups excluding carboxylic acids is 2. The number of nitrogens with one attached hydrogen (secondary N) is 2. The van der Waals surface area contributed by atoms with Crippen molar-refractivity contribution < 1.29 is 9.59 Å². The highest BCUT2D eigenvalue weighted by Crippen LogP contribution is 2.44. The summed E-state index contributed by atoms with van der Waals surface area (Å²) in [6, 6.07) is 15.4. The third kappa shape index (κ3) is 4.71. The minimum absolute atomic E-state index is 0.0299. The van der Waals surface area contributed by atoms with Gasteiger partial charge < -0.3 is 10.6 Å². The van der Waals surface area contributed by atoms with Crippen LogP contribution in [0.4, 0.5) is 11.4 Å². The van der Waals surface area contributed by atoms with E-state index in [4.69, 9.17) is 0 Å². The quantitative estimate of drug-likeness (QED) is 0.315. The maximum atomic E-state index is 11.9. The van der Waals surface area contributed by atoms with E-state index in [1.807, 2.05) is 62.4 Å². The molecule has 2 aromatic heterocycles. The highest BCUT2D eigenvalue weighted by Gasteiger charge is 2.13. The molecular formula is C24H22N4O2S2. The Kier molecular flexibility index (Phi) is 6.92. The van der Waals surface area contributed by atoms with Crippen LogP contribution in [0.2, 0.25) is 0 Å². The number of benzene rings is 2. The lowest BCUT2D eigenvalue weighted by Gasteiger charge is -2.12. The lowest BCUT2D eigenvalue weighted by molar-refractivity contribution is -0.116. The molecule has 0 unspecified atom stereocenters. The van der Waals surface area contributed by atoms with E-state index in [0.29, 0.717) is 12.8 Å². The van der Waals surface area contributed by atoms with Gasteiger partial charge in [-0.25, -0.2) is 0 Å². The summed E-state index contributed by atoms with van der Waals surface area (Å²) in [7, 11) is 3.18. The average molecular weight is 463 g/mol. The van der Waals surface area contributed by atoms with E-state index in [9.17, 15) is 9.59 Å². The normalized spacial score (nSPS) is 10.9. The SMILES string of the molecule is CCC(=O)Nc1ccc(SSc2ccc(NC(=O)CC)c3cccnc23)c2ncccc12. The summed E-state index contributed by atoms with van der Waals surface area (Å²) in [4.78, 5) is 34.9. The smallest absolute Gasteiger partial charge is 0.224 e.